The van der Waals surface area contributed by atoms with Crippen molar-refractivity contribution >= 4 is 0 Å². The molecule has 0 N–H and O–H groups in total. The van der Waals surface area contributed by atoms with E-state index >= 15 is 0 Å². The summed E-state index contributed by atoms with van der Waals surface area (Å²) in [6, 6.07) is 1.40. The van der Waals surface area contributed by atoms with Gasteiger partial charge in [-0.3, -0.25) is 0 Å². The third-order valence-corrected chi connectivity index (χ3v) is 10.7. The second-order valence-electron chi connectivity index (χ2n) is 16.3. The van der Waals surface area contributed by atoms with E-state index in [1.54, 1.807) is 0 Å². The molecule has 0 saturated heterocycles. The minimum absolute atomic E-state index is 0.659. The lowest BCUT2D eigenvalue weighted by atomic mass is 9.98. The number of hydrogen-bond acceptors (Lipinski definition) is 3. The second kappa shape index (κ2) is 40.0. The molecule has 0 amide bonds. The monoisotopic (exact) mass is 712 g/mol. The zero-order valence-electron chi connectivity index (χ0n) is 36.0. The molecular formula is C48H93N3. The smallest absolute Gasteiger partial charge is 0.0217 e. The van der Waals surface area contributed by atoms with Crippen molar-refractivity contribution in [3.8, 4) is 0 Å². The van der Waals surface area contributed by atoms with Crippen molar-refractivity contribution in [1.29, 1.82) is 0 Å². The molecule has 0 aromatic heterocycles. The van der Waals surface area contributed by atoms with E-state index in [0.717, 1.165) is 18.9 Å². The van der Waals surface area contributed by atoms with Gasteiger partial charge in [0.2, 0.25) is 0 Å². The molecule has 0 aromatic carbocycles. The van der Waals surface area contributed by atoms with Gasteiger partial charge in [-0.25, -0.2) is 0 Å². The van der Waals surface area contributed by atoms with Gasteiger partial charge in [0.25, 0.3) is 0 Å². The molecule has 0 heterocycles. The van der Waals surface area contributed by atoms with Gasteiger partial charge in [0, 0.05) is 18.6 Å². The number of nitrogens with zero attached hydrogens (tertiary/aromatic N) is 3. The molecule has 0 fully saturated rings. The topological polar surface area (TPSA) is 9.72 Å². The molecule has 0 radical (unpaired) electrons. The molecule has 3 nitrogen and oxygen atoms in total. The number of hydrogen-bond donors (Lipinski definition) is 0. The van der Waals surface area contributed by atoms with Crippen molar-refractivity contribution in [3.05, 3.63) is 48.6 Å². The van der Waals surface area contributed by atoms with E-state index in [4.69, 9.17) is 0 Å². The highest BCUT2D eigenvalue weighted by molar-refractivity contribution is 4.93. The van der Waals surface area contributed by atoms with E-state index in [-0.39, 0.29) is 0 Å². The van der Waals surface area contributed by atoms with Crippen molar-refractivity contribution in [2.45, 2.75) is 212 Å². The average molecular weight is 712 g/mol. The SMILES string of the molecule is CCCCC/C=C\C/C=C\CCCCCCCCC(CCCCCCCC/C=C\C/C=C\CCCCC)N(C)CC(CCCCN(C)C)N(C)C. The molecule has 0 aliphatic carbocycles. The first-order valence-corrected chi connectivity index (χ1v) is 22.5. The lowest BCUT2D eigenvalue weighted by Crippen LogP contribution is -2.43. The van der Waals surface area contributed by atoms with Crippen LogP contribution in [-0.4, -0.2) is 75.1 Å². The first-order chi connectivity index (χ1) is 24.9. The molecule has 3 heteroatoms. The third kappa shape index (κ3) is 37.0. The van der Waals surface area contributed by atoms with Crippen molar-refractivity contribution in [1.82, 2.24) is 14.7 Å². The number of unbranched alkanes of at least 4 members (excludes halogenated alkanes) is 19. The van der Waals surface area contributed by atoms with E-state index in [0.29, 0.717) is 6.04 Å². The largest absolute Gasteiger partial charge is 0.309 e. The van der Waals surface area contributed by atoms with E-state index in [2.05, 4.69) is 112 Å². The Labute approximate surface area is 322 Å². The van der Waals surface area contributed by atoms with Crippen LogP contribution in [0.5, 0.6) is 0 Å². The second-order valence-corrected chi connectivity index (χ2v) is 16.3. The molecule has 0 aliphatic heterocycles. The average Bonchev–Trinajstić information content (AvgIpc) is 3.11. The molecule has 0 spiro atoms. The molecule has 0 rings (SSSR count). The molecule has 0 bridgehead atoms. The van der Waals surface area contributed by atoms with Crippen LogP contribution in [0.1, 0.15) is 200 Å². The Morgan fingerprint density at radius 2 is 0.725 bits per heavy atom. The van der Waals surface area contributed by atoms with Gasteiger partial charge < -0.3 is 14.7 Å². The van der Waals surface area contributed by atoms with Crippen LogP contribution in [0.4, 0.5) is 0 Å². The van der Waals surface area contributed by atoms with Gasteiger partial charge >= 0.3 is 0 Å². The standard InChI is InChI=1S/C48H93N3/c1-8-10-12-14-16-18-20-22-24-26-28-30-32-34-36-38-42-47(51(7)46-48(50(5)6)44-40-41-45-49(3)4)43-39-37-35-33-31-29-27-25-23-21-19-17-15-13-11-9-2/h16-19,22-25,47-48H,8-15,20-21,26-46H2,1-7H3/b18-16-,19-17-,24-22-,25-23-. The molecule has 1 atom stereocenters. The summed E-state index contributed by atoms with van der Waals surface area (Å²) in [5, 5.41) is 0. The van der Waals surface area contributed by atoms with Gasteiger partial charge in [0.1, 0.15) is 0 Å². The van der Waals surface area contributed by atoms with Crippen LogP contribution in [0.25, 0.3) is 0 Å². The van der Waals surface area contributed by atoms with E-state index in [9.17, 15) is 0 Å². The zero-order valence-corrected chi connectivity index (χ0v) is 36.0. The normalized spacial score (nSPS) is 13.4. The van der Waals surface area contributed by atoms with E-state index in [1.807, 2.05) is 0 Å². The van der Waals surface area contributed by atoms with Crippen LogP contribution < -0.4 is 0 Å². The summed E-state index contributed by atoms with van der Waals surface area (Å²) < 4.78 is 0. The van der Waals surface area contributed by atoms with Crippen LogP contribution in [0.2, 0.25) is 0 Å². The summed E-state index contributed by atoms with van der Waals surface area (Å²) in [6.07, 6.45) is 57.8. The van der Waals surface area contributed by atoms with Crippen LogP contribution in [0.3, 0.4) is 0 Å². The predicted molar refractivity (Wildman–Crippen MR) is 234 cm³/mol. The van der Waals surface area contributed by atoms with Crippen molar-refractivity contribution in [2.24, 2.45) is 0 Å². The fourth-order valence-electron chi connectivity index (χ4n) is 7.12. The summed E-state index contributed by atoms with van der Waals surface area (Å²) in [6.45, 7) is 6.98. The minimum Gasteiger partial charge on any atom is -0.309 e. The Kier molecular flexibility index (Phi) is 39.1. The Hall–Kier alpha value is -1.16. The van der Waals surface area contributed by atoms with Gasteiger partial charge in [-0.2, -0.15) is 0 Å². The molecule has 51 heavy (non-hydrogen) atoms. The van der Waals surface area contributed by atoms with Crippen LogP contribution in [0, 0.1) is 0 Å². The number of allylic oxidation sites excluding steroid dienone is 8. The summed E-state index contributed by atoms with van der Waals surface area (Å²) >= 11 is 0. The van der Waals surface area contributed by atoms with Crippen molar-refractivity contribution < 1.29 is 0 Å². The highest BCUT2D eigenvalue weighted by Gasteiger charge is 2.20. The summed E-state index contributed by atoms with van der Waals surface area (Å²) in [5.74, 6) is 0. The summed E-state index contributed by atoms with van der Waals surface area (Å²) in [7, 11) is 11.4. The van der Waals surface area contributed by atoms with Crippen LogP contribution in [0.15, 0.2) is 48.6 Å². The Morgan fingerprint density at radius 1 is 0.373 bits per heavy atom. The fourth-order valence-corrected chi connectivity index (χ4v) is 7.12. The maximum atomic E-state index is 2.76. The number of rotatable bonds is 39. The van der Waals surface area contributed by atoms with Gasteiger partial charge in [0.15, 0.2) is 0 Å². The molecule has 300 valence electrons. The summed E-state index contributed by atoms with van der Waals surface area (Å²) in [5.41, 5.74) is 0. The summed E-state index contributed by atoms with van der Waals surface area (Å²) in [4.78, 5) is 7.58. The third-order valence-electron chi connectivity index (χ3n) is 10.7. The lowest BCUT2D eigenvalue weighted by Gasteiger charge is -2.34. The van der Waals surface area contributed by atoms with Gasteiger partial charge in [0.05, 0.1) is 0 Å². The van der Waals surface area contributed by atoms with Crippen LogP contribution in [-0.2, 0) is 0 Å². The predicted octanol–water partition coefficient (Wildman–Crippen LogP) is 14.4. The fraction of sp³-hybridized carbons (Fsp3) is 0.833. The highest BCUT2D eigenvalue weighted by Crippen LogP contribution is 2.20. The maximum absolute atomic E-state index is 2.76. The molecule has 0 saturated carbocycles. The maximum Gasteiger partial charge on any atom is 0.0217 e. The zero-order chi connectivity index (χ0) is 37.5. The van der Waals surface area contributed by atoms with E-state index in [1.165, 1.54) is 186 Å². The molecular weight excluding hydrogens is 619 g/mol. The lowest BCUT2D eigenvalue weighted by molar-refractivity contribution is 0.144. The van der Waals surface area contributed by atoms with Crippen molar-refractivity contribution in [2.75, 3.05) is 48.3 Å². The number of likely N-dealkylation sites (N-methyl/N-ethyl adjacent to an activating group) is 2. The van der Waals surface area contributed by atoms with Gasteiger partial charge in [-0.15, -0.1) is 0 Å². The Bertz CT molecular complexity index is 746. The molecule has 0 aliphatic rings. The Balaban J connectivity index is 4.42. The Morgan fingerprint density at radius 3 is 1.12 bits per heavy atom. The van der Waals surface area contributed by atoms with Crippen LogP contribution >= 0.6 is 0 Å². The quantitative estimate of drug-likeness (QED) is 0.0464. The molecule has 1 unspecified atom stereocenters. The first kappa shape index (κ1) is 49.8. The first-order valence-electron chi connectivity index (χ1n) is 22.5. The van der Waals surface area contributed by atoms with Crippen molar-refractivity contribution in [3.63, 3.8) is 0 Å². The van der Waals surface area contributed by atoms with Gasteiger partial charge in [-0.05, 0) is 132 Å². The minimum atomic E-state index is 0.659. The van der Waals surface area contributed by atoms with Gasteiger partial charge in [-0.1, -0.05) is 159 Å². The highest BCUT2D eigenvalue weighted by atomic mass is 15.2. The molecule has 0 aromatic rings. The van der Waals surface area contributed by atoms with E-state index < -0.39 is 0 Å².